The first kappa shape index (κ1) is 10.8. The molecule has 0 unspecified atom stereocenters. The van der Waals surface area contributed by atoms with Gasteiger partial charge in [0.25, 0.3) is 0 Å². The Balaban J connectivity index is 2.38. The Morgan fingerprint density at radius 1 is 1.20 bits per heavy atom. The Hall–Kier alpha value is -0.710. The Labute approximate surface area is 90.7 Å². The average Bonchev–Trinajstić information content (AvgIpc) is 2.72. The molecule has 15 heavy (non-hydrogen) atoms. The van der Waals surface area contributed by atoms with Crippen LogP contribution in [0, 0.1) is 11.6 Å². The van der Waals surface area contributed by atoms with Crippen LogP contribution in [0.3, 0.4) is 0 Å². The van der Waals surface area contributed by atoms with Crippen LogP contribution in [0.2, 0.25) is 0 Å². The highest BCUT2D eigenvalue weighted by Crippen LogP contribution is 2.33. The Kier molecular flexibility index (Phi) is 2.91. The molecule has 2 nitrogen and oxygen atoms in total. The summed E-state index contributed by atoms with van der Waals surface area (Å²) in [6, 6.07) is 3.49. The Bertz CT molecular complexity index is 364. The van der Waals surface area contributed by atoms with E-state index in [9.17, 15) is 8.78 Å². The standard InChI is InChI=1S/C10H9ClF2O2/c11-6-10(14-3-4-15-10)7-1-2-8(12)9(13)5-7/h1-2,5H,3-4,6H2. The van der Waals surface area contributed by atoms with E-state index >= 15 is 0 Å². The van der Waals surface area contributed by atoms with Gasteiger partial charge in [0, 0.05) is 5.56 Å². The first-order valence-corrected chi connectivity index (χ1v) is 5.01. The van der Waals surface area contributed by atoms with E-state index < -0.39 is 17.4 Å². The molecule has 0 spiro atoms. The van der Waals surface area contributed by atoms with Gasteiger partial charge >= 0.3 is 0 Å². The second-order valence-electron chi connectivity index (χ2n) is 3.21. The molecule has 0 aliphatic carbocycles. The first-order valence-electron chi connectivity index (χ1n) is 4.47. The molecule has 1 saturated heterocycles. The topological polar surface area (TPSA) is 18.5 Å². The fraction of sp³-hybridized carbons (Fsp3) is 0.400. The van der Waals surface area contributed by atoms with Crippen molar-refractivity contribution in [3.63, 3.8) is 0 Å². The molecule has 2 rings (SSSR count). The van der Waals surface area contributed by atoms with Crippen LogP contribution in [0.1, 0.15) is 5.56 Å². The van der Waals surface area contributed by atoms with E-state index in [0.29, 0.717) is 18.8 Å². The zero-order chi connectivity index (χ0) is 10.9. The lowest BCUT2D eigenvalue weighted by atomic mass is 10.1. The van der Waals surface area contributed by atoms with Crippen molar-refractivity contribution in [2.45, 2.75) is 5.79 Å². The second-order valence-corrected chi connectivity index (χ2v) is 3.48. The molecule has 82 valence electrons. The van der Waals surface area contributed by atoms with Crippen molar-refractivity contribution in [3.05, 3.63) is 35.4 Å². The van der Waals surface area contributed by atoms with Crippen LogP contribution in [0.25, 0.3) is 0 Å². The zero-order valence-electron chi connectivity index (χ0n) is 7.80. The molecule has 0 bridgehead atoms. The molecular formula is C10H9ClF2O2. The summed E-state index contributed by atoms with van der Waals surface area (Å²) in [5.41, 5.74) is 0.397. The van der Waals surface area contributed by atoms with Crippen molar-refractivity contribution < 1.29 is 18.3 Å². The van der Waals surface area contributed by atoms with Crippen LogP contribution in [0.4, 0.5) is 8.78 Å². The summed E-state index contributed by atoms with van der Waals surface area (Å²) >= 11 is 5.73. The van der Waals surface area contributed by atoms with E-state index in [1.54, 1.807) is 0 Å². The van der Waals surface area contributed by atoms with Crippen molar-refractivity contribution in [1.29, 1.82) is 0 Å². The summed E-state index contributed by atoms with van der Waals surface area (Å²) in [5.74, 6) is -2.92. The molecule has 1 aliphatic heterocycles. The van der Waals surface area contributed by atoms with E-state index in [4.69, 9.17) is 21.1 Å². The molecule has 0 aromatic heterocycles. The maximum absolute atomic E-state index is 13.0. The molecule has 1 fully saturated rings. The van der Waals surface area contributed by atoms with Crippen LogP contribution in [-0.4, -0.2) is 19.1 Å². The van der Waals surface area contributed by atoms with E-state index in [1.807, 2.05) is 0 Å². The second kappa shape index (κ2) is 4.04. The smallest absolute Gasteiger partial charge is 0.209 e. The molecular weight excluding hydrogens is 226 g/mol. The van der Waals surface area contributed by atoms with Crippen molar-refractivity contribution in [2.24, 2.45) is 0 Å². The molecule has 1 aromatic carbocycles. The van der Waals surface area contributed by atoms with Crippen LogP contribution in [0.15, 0.2) is 18.2 Å². The number of ether oxygens (including phenoxy) is 2. The molecule has 1 aromatic rings. The van der Waals surface area contributed by atoms with Gasteiger partial charge in [-0.15, -0.1) is 11.6 Å². The summed E-state index contributed by atoms with van der Waals surface area (Å²) in [6.07, 6.45) is 0. The van der Waals surface area contributed by atoms with Crippen LogP contribution in [-0.2, 0) is 15.3 Å². The van der Waals surface area contributed by atoms with Gasteiger partial charge in [0.1, 0.15) is 0 Å². The van der Waals surface area contributed by atoms with Gasteiger partial charge < -0.3 is 9.47 Å². The minimum absolute atomic E-state index is 0.0398. The number of rotatable bonds is 2. The SMILES string of the molecule is Fc1ccc(C2(CCl)OCCO2)cc1F. The molecule has 0 radical (unpaired) electrons. The third-order valence-corrected chi connectivity index (χ3v) is 2.64. The molecule has 0 saturated carbocycles. The van der Waals surface area contributed by atoms with Gasteiger partial charge in [-0.25, -0.2) is 8.78 Å². The Morgan fingerprint density at radius 2 is 1.87 bits per heavy atom. The summed E-state index contributed by atoms with van der Waals surface area (Å²) in [5, 5.41) is 0. The number of hydrogen-bond acceptors (Lipinski definition) is 2. The van der Waals surface area contributed by atoms with Crippen LogP contribution >= 0.6 is 11.6 Å². The quantitative estimate of drug-likeness (QED) is 0.732. The number of hydrogen-bond donors (Lipinski definition) is 0. The molecule has 0 atom stereocenters. The molecule has 1 aliphatic rings. The highest BCUT2D eigenvalue weighted by molar-refractivity contribution is 6.18. The predicted octanol–water partition coefficient (Wildman–Crippen LogP) is 2.40. The van der Waals surface area contributed by atoms with E-state index in [2.05, 4.69) is 0 Å². The van der Waals surface area contributed by atoms with Crippen molar-refractivity contribution >= 4 is 11.6 Å². The van der Waals surface area contributed by atoms with Gasteiger partial charge in [-0.3, -0.25) is 0 Å². The van der Waals surface area contributed by atoms with Gasteiger partial charge in [0.15, 0.2) is 11.6 Å². The van der Waals surface area contributed by atoms with Crippen molar-refractivity contribution in [3.8, 4) is 0 Å². The predicted molar refractivity (Wildman–Crippen MR) is 50.7 cm³/mol. The number of benzene rings is 1. The third-order valence-electron chi connectivity index (χ3n) is 2.29. The number of alkyl halides is 1. The van der Waals surface area contributed by atoms with E-state index in [1.165, 1.54) is 6.07 Å². The van der Waals surface area contributed by atoms with E-state index in [0.717, 1.165) is 12.1 Å². The summed E-state index contributed by atoms with van der Waals surface area (Å²) in [4.78, 5) is 0. The van der Waals surface area contributed by atoms with E-state index in [-0.39, 0.29) is 5.88 Å². The maximum Gasteiger partial charge on any atom is 0.209 e. The summed E-state index contributed by atoms with van der Waals surface area (Å²) < 4.78 is 36.4. The van der Waals surface area contributed by atoms with Gasteiger partial charge in [0.05, 0.1) is 19.1 Å². The summed E-state index contributed by atoms with van der Waals surface area (Å²) in [6.45, 7) is 0.789. The van der Waals surface area contributed by atoms with Gasteiger partial charge in [0.2, 0.25) is 5.79 Å². The first-order chi connectivity index (χ1) is 7.18. The van der Waals surface area contributed by atoms with Crippen molar-refractivity contribution in [2.75, 3.05) is 19.1 Å². The lowest BCUT2D eigenvalue weighted by Crippen LogP contribution is -2.29. The normalized spacial score (nSPS) is 19.4. The fourth-order valence-corrected chi connectivity index (χ4v) is 1.82. The largest absolute Gasteiger partial charge is 0.342 e. The van der Waals surface area contributed by atoms with Gasteiger partial charge in [-0.05, 0) is 12.1 Å². The lowest BCUT2D eigenvalue weighted by molar-refractivity contribution is -0.146. The minimum atomic E-state index is -1.13. The minimum Gasteiger partial charge on any atom is -0.342 e. The van der Waals surface area contributed by atoms with Crippen LogP contribution < -0.4 is 0 Å². The van der Waals surface area contributed by atoms with Gasteiger partial charge in [-0.1, -0.05) is 6.07 Å². The van der Waals surface area contributed by atoms with Gasteiger partial charge in [-0.2, -0.15) is 0 Å². The molecule has 5 heteroatoms. The summed E-state index contributed by atoms with van der Waals surface area (Å²) in [7, 11) is 0. The zero-order valence-corrected chi connectivity index (χ0v) is 8.56. The highest BCUT2D eigenvalue weighted by atomic mass is 35.5. The Morgan fingerprint density at radius 3 is 2.40 bits per heavy atom. The lowest BCUT2D eigenvalue weighted by Gasteiger charge is -2.25. The monoisotopic (exact) mass is 234 g/mol. The van der Waals surface area contributed by atoms with Crippen molar-refractivity contribution in [1.82, 2.24) is 0 Å². The fourth-order valence-electron chi connectivity index (χ4n) is 1.51. The molecule has 0 N–H and O–H groups in total. The maximum atomic E-state index is 13.0. The molecule has 1 heterocycles. The highest BCUT2D eigenvalue weighted by Gasteiger charge is 2.38. The molecule has 0 amide bonds. The number of halogens is 3. The third kappa shape index (κ3) is 1.85. The van der Waals surface area contributed by atoms with Crippen LogP contribution in [0.5, 0.6) is 0 Å². The average molecular weight is 235 g/mol.